The molecule has 0 aliphatic carbocycles. The number of hydrogen-bond donors (Lipinski definition) is 1. The van der Waals surface area contributed by atoms with Gasteiger partial charge in [0.25, 0.3) is 0 Å². The summed E-state index contributed by atoms with van der Waals surface area (Å²) in [4.78, 5) is 10.7. The van der Waals surface area contributed by atoms with Gasteiger partial charge < -0.3 is 9.84 Å². The predicted octanol–water partition coefficient (Wildman–Crippen LogP) is 2.94. The van der Waals surface area contributed by atoms with Crippen molar-refractivity contribution in [2.75, 3.05) is 0 Å². The fourth-order valence-electron chi connectivity index (χ4n) is 1.28. The lowest BCUT2D eigenvalue weighted by Crippen LogP contribution is -2.09. The Morgan fingerprint density at radius 2 is 2.00 bits per heavy atom. The van der Waals surface area contributed by atoms with Crippen molar-refractivity contribution in [3.05, 3.63) is 49.1 Å². The first-order chi connectivity index (χ1) is 9.60. The van der Waals surface area contributed by atoms with Gasteiger partial charge in [0, 0.05) is 6.92 Å². The maximum atomic E-state index is 10.7. The zero-order valence-corrected chi connectivity index (χ0v) is 12.1. The van der Waals surface area contributed by atoms with E-state index >= 15 is 0 Å². The molecule has 0 aliphatic rings. The lowest BCUT2D eigenvalue weighted by atomic mass is 10.2. The molecule has 0 bridgehead atoms. The van der Waals surface area contributed by atoms with Gasteiger partial charge >= 0.3 is 5.97 Å². The van der Waals surface area contributed by atoms with E-state index in [4.69, 9.17) is 4.74 Å². The van der Waals surface area contributed by atoms with Crippen LogP contribution in [0.15, 0.2) is 49.1 Å². The van der Waals surface area contributed by atoms with Gasteiger partial charge in [-0.2, -0.15) is 0 Å². The minimum absolute atomic E-state index is 0.358. The van der Waals surface area contributed by atoms with E-state index in [2.05, 4.69) is 18.4 Å². The molecule has 3 heteroatoms. The number of esters is 1. The van der Waals surface area contributed by atoms with E-state index < -0.39 is 12.2 Å². The van der Waals surface area contributed by atoms with Crippen LogP contribution in [0.1, 0.15) is 26.7 Å². The molecule has 0 rings (SSSR count). The molecule has 0 aromatic carbocycles. The van der Waals surface area contributed by atoms with E-state index in [0.717, 1.165) is 12.8 Å². The number of carbonyl (C=O) groups excluding carboxylic acids is 1. The fraction of sp³-hybridized carbons (Fsp3) is 0.353. The monoisotopic (exact) mass is 274 g/mol. The molecule has 1 N–H and O–H groups in total. The highest BCUT2D eigenvalue weighted by molar-refractivity contribution is 5.66. The maximum absolute atomic E-state index is 10.7. The van der Waals surface area contributed by atoms with Crippen molar-refractivity contribution >= 4 is 5.97 Å². The highest BCUT2D eigenvalue weighted by Gasteiger charge is 2.00. The van der Waals surface area contributed by atoms with E-state index in [-0.39, 0.29) is 5.97 Å². The first kappa shape index (κ1) is 17.9. The van der Waals surface area contributed by atoms with Crippen LogP contribution < -0.4 is 0 Å². The number of hydrogen-bond acceptors (Lipinski definition) is 3. The molecule has 0 amide bonds. The molecular weight excluding hydrogens is 252 g/mol. The smallest absolute Gasteiger partial charge is 0.303 e. The van der Waals surface area contributed by atoms with Crippen LogP contribution in [0.5, 0.6) is 0 Å². The summed E-state index contributed by atoms with van der Waals surface area (Å²) in [6, 6.07) is 0. The Kier molecular flexibility index (Phi) is 10.8. The second kappa shape index (κ2) is 12.0. The molecule has 0 heterocycles. The molecule has 0 aliphatic heterocycles. The lowest BCUT2D eigenvalue weighted by molar-refractivity contribution is -0.142. The third-order valence-electron chi connectivity index (χ3n) is 2.20. The average Bonchev–Trinajstić information content (AvgIpc) is 2.40. The van der Waals surface area contributed by atoms with Crippen LogP contribution in [0.25, 0.3) is 0 Å². The topological polar surface area (TPSA) is 46.5 Å². The fourth-order valence-corrected chi connectivity index (χ4v) is 1.28. The van der Waals surface area contributed by atoms with E-state index in [1.807, 2.05) is 6.92 Å². The SMILES string of the molecule is C=C[C@H](/C=C/C#C/C=C/C=C/[C@H](O)CCC)OC(C)=O. The van der Waals surface area contributed by atoms with Gasteiger partial charge in [0.1, 0.15) is 6.10 Å². The highest BCUT2D eigenvalue weighted by atomic mass is 16.5. The van der Waals surface area contributed by atoms with Gasteiger partial charge in [-0.05, 0) is 30.7 Å². The Bertz CT molecular complexity index is 433. The average molecular weight is 274 g/mol. The second-order valence-electron chi connectivity index (χ2n) is 4.06. The normalized spacial score (nSPS) is 14.2. The van der Waals surface area contributed by atoms with Crippen molar-refractivity contribution in [1.29, 1.82) is 0 Å². The standard InChI is InChI=1S/C17H22O3/c1-4-12-16(19)13-10-8-6-7-9-11-14-17(5-2)20-15(3)18/h5-6,8,10-11,13-14,16-17,19H,2,4,12H2,1,3H3/b8-6+,13-10+,14-11+/t16-,17-/m1/s1. The summed E-state index contributed by atoms with van der Waals surface area (Å²) in [5.74, 6) is 5.22. The van der Waals surface area contributed by atoms with Crippen LogP contribution in [0.2, 0.25) is 0 Å². The van der Waals surface area contributed by atoms with E-state index in [1.165, 1.54) is 13.0 Å². The second-order valence-corrected chi connectivity index (χ2v) is 4.06. The molecule has 0 spiro atoms. The Morgan fingerprint density at radius 3 is 2.60 bits per heavy atom. The first-order valence-electron chi connectivity index (χ1n) is 6.59. The Labute approximate surface area is 121 Å². The molecule has 0 saturated carbocycles. The quantitative estimate of drug-likeness (QED) is 0.336. The van der Waals surface area contributed by atoms with Crippen molar-refractivity contribution in [3.8, 4) is 11.8 Å². The molecule has 0 radical (unpaired) electrons. The summed E-state index contributed by atoms with van der Waals surface area (Å²) in [5.41, 5.74) is 0. The summed E-state index contributed by atoms with van der Waals surface area (Å²) >= 11 is 0. The van der Waals surface area contributed by atoms with Crippen LogP contribution in [0.3, 0.4) is 0 Å². The van der Waals surface area contributed by atoms with Crippen molar-refractivity contribution in [2.45, 2.75) is 38.9 Å². The molecule has 3 nitrogen and oxygen atoms in total. The molecule has 20 heavy (non-hydrogen) atoms. The molecular formula is C17H22O3. The number of rotatable bonds is 7. The molecule has 108 valence electrons. The molecule has 0 saturated heterocycles. The van der Waals surface area contributed by atoms with Crippen LogP contribution in [-0.2, 0) is 9.53 Å². The highest BCUT2D eigenvalue weighted by Crippen LogP contribution is 1.97. The molecule has 0 fully saturated rings. The third kappa shape index (κ3) is 11.1. The van der Waals surface area contributed by atoms with Crippen molar-refractivity contribution in [1.82, 2.24) is 0 Å². The van der Waals surface area contributed by atoms with E-state index in [9.17, 15) is 9.90 Å². The molecule has 0 aromatic heterocycles. The minimum Gasteiger partial charge on any atom is -0.454 e. The van der Waals surface area contributed by atoms with Crippen LogP contribution in [-0.4, -0.2) is 23.3 Å². The first-order valence-corrected chi connectivity index (χ1v) is 6.59. The summed E-state index contributed by atoms with van der Waals surface area (Å²) in [5, 5.41) is 9.43. The number of aliphatic hydroxyl groups excluding tert-OH is 1. The van der Waals surface area contributed by atoms with Gasteiger partial charge in [0.15, 0.2) is 0 Å². The van der Waals surface area contributed by atoms with Crippen LogP contribution in [0.4, 0.5) is 0 Å². The van der Waals surface area contributed by atoms with Gasteiger partial charge in [-0.25, -0.2) is 0 Å². The van der Waals surface area contributed by atoms with Crippen molar-refractivity contribution in [3.63, 3.8) is 0 Å². The zero-order valence-electron chi connectivity index (χ0n) is 12.1. The number of allylic oxidation sites excluding steroid dienone is 4. The van der Waals surface area contributed by atoms with Crippen molar-refractivity contribution < 1.29 is 14.6 Å². The molecule has 2 atom stereocenters. The Balaban J connectivity index is 4.14. The summed E-state index contributed by atoms with van der Waals surface area (Å²) in [7, 11) is 0. The number of aliphatic hydroxyl groups is 1. The lowest BCUT2D eigenvalue weighted by Gasteiger charge is -2.05. The Morgan fingerprint density at radius 1 is 1.30 bits per heavy atom. The summed E-state index contributed by atoms with van der Waals surface area (Å²) in [6.07, 6.45) is 12.6. The molecule has 0 aromatic rings. The Hall–Kier alpha value is -2.05. The number of carbonyl (C=O) groups is 1. The zero-order chi connectivity index (χ0) is 15.2. The van der Waals surface area contributed by atoms with Gasteiger partial charge in [-0.1, -0.05) is 50.0 Å². The summed E-state index contributed by atoms with van der Waals surface area (Å²) < 4.78 is 4.93. The van der Waals surface area contributed by atoms with Crippen molar-refractivity contribution in [2.24, 2.45) is 0 Å². The van der Waals surface area contributed by atoms with E-state index in [0.29, 0.717) is 0 Å². The summed E-state index contributed by atoms with van der Waals surface area (Å²) in [6.45, 7) is 6.93. The predicted molar refractivity (Wildman–Crippen MR) is 81.9 cm³/mol. The van der Waals surface area contributed by atoms with Gasteiger partial charge in [0.05, 0.1) is 6.10 Å². The van der Waals surface area contributed by atoms with Gasteiger partial charge in [-0.15, -0.1) is 0 Å². The van der Waals surface area contributed by atoms with Gasteiger partial charge in [0.2, 0.25) is 0 Å². The van der Waals surface area contributed by atoms with E-state index in [1.54, 1.807) is 36.5 Å². The largest absolute Gasteiger partial charge is 0.454 e. The maximum Gasteiger partial charge on any atom is 0.303 e. The van der Waals surface area contributed by atoms with Gasteiger partial charge in [-0.3, -0.25) is 4.79 Å². The molecule has 0 unspecified atom stereocenters. The third-order valence-corrected chi connectivity index (χ3v) is 2.20. The van der Waals surface area contributed by atoms with Crippen LogP contribution in [0, 0.1) is 11.8 Å². The van der Waals surface area contributed by atoms with Crippen LogP contribution >= 0.6 is 0 Å². The minimum atomic E-state index is -0.449. The number of ether oxygens (including phenoxy) is 1.